The minimum Gasteiger partial charge on any atom is -0.495 e. The van der Waals surface area contributed by atoms with E-state index >= 15 is 0 Å². The Labute approximate surface area is 241 Å². The van der Waals surface area contributed by atoms with Gasteiger partial charge in [-0.25, -0.2) is 0 Å². The first kappa shape index (κ1) is 34.3. The van der Waals surface area contributed by atoms with E-state index in [1.54, 1.807) is 7.11 Å². The number of allylic oxidation sites excluding steroid dienone is 10. The number of para-hydroxylation sites is 2. The molecule has 39 heavy (non-hydrogen) atoms. The van der Waals surface area contributed by atoms with Crippen molar-refractivity contribution in [1.82, 2.24) is 0 Å². The largest absolute Gasteiger partial charge is 0.495 e. The van der Waals surface area contributed by atoms with Crippen molar-refractivity contribution in [2.45, 2.75) is 107 Å². The molecule has 0 saturated heterocycles. The maximum absolute atomic E-state index is 5.71. The molecule has 0 heterocycles. The molecule has 0 radical (unpaired) electrons. The van der Waals surface area contributed by atoms with Gasteiger partial charge >= 0.3 is 0 Å². The van der Waals surface area contributed by atoms with E-state index in [0.717, 1.165) is 75.9 Å². The van der Waals surface area contributed by atoms with Gasteiger partial charge in [0.05, 0.1) is 12.8 Å². The predicted molar refractivity (Wildman–Crippen MR) is 176 cm³/mol. The highest BCUT2D eigenvalue weighted by molar-refractivity contribution is 5.59. The molecule has 1 rings (SSSR count). The van der Waals surface area contributed by atoms with Gasteiger partial charge in [-0.2, -0.15) is 0 Å². The molecule has 216 valence electrons. The van der Waals surface area contributed by atoms with E-state index in [2.05, 4.69) is 115 Å². The van der Waals surface area contributed by atoms with Gasteiger partial charge in [0, 0.05) is 13.1 Å². The molecule has 0 aromatic heterocycles. The van der Waals surface area contributed by atoms with E-state index in [-0.39, 0.29) is 0 Å². The molecule has 0 N–H and O–H groups in total. The van der Waals surface area contributed by atoms with E-state index < -0.39 is 0 Å². The lowest BCUT2D eigenvalue weighted by molar-refractivity contribution is 0.415. The van der Waals surface area contributed by atoms with Gasteiger partial charge in [0.15, 0.2) is 0 Å². The first-order valence-corrected chi connectivity index (χ1v) is 14.9. The summed E-state index contributed by atoms with van der Waals surface area (Å²) in [6, 6.07) is 8.37. The van der Waals surface area contributed by atoms with Crippen molar-refractivity contribution in [3.8, 4) is 5.75 Å². The highest BCUT2D eigenvalue weighted by Gasteiger charge is 2.10. The number of methoxy groups -OCH3 is 1. The van der Waals surface area contributed by atoms with Crippen LogP contribution in [0.4, 0.5) is 5.69 Å². The summed E-state index contributed by atoms with van der Waals surface area (Å²) in [7, 11) is 1.76. The second kappa shape index (κ2) is 20.2. The second-order valence-corrected chi connectivity index (χ2v) is 11.5. The maximum atomic E-state index is 5.71. The highest BCUT2D eigenvalue weighted by atomic mass is 16.5. The SMILES string of the molecule is COc1ccccc1N(C/C=C(\C)CC/C=C(\C)CCC=C(C)C)C/C=C(\C)CC/C=C(\C)CCC=C(C)C. The molecule has 0 amide bonds. The monoisotopic (exact) mass is 531 g/mol. The molecule has 0 aliphatic heterocycles. The number of anilines is 1. The van der Waals surface area contributed by atoms with Crippen LogP contribution in [0.1, 0.15) is 107 Å². The molecule has 1 aromatic rings. The summed E-state index contributed by atoms with van der Waals surface area (Å²) in [6.07, 6.45) is 23.3. The lowest BCUT2D eigenvalue weighted by Gasteiger charge is -2.24. The summed E-state index contributed by atoms with van der Waals surface area (Å²) < 4.78 is 5.71. The first-order valence-electron chi connectivity index (χ1n) is 14.9. The summed E-state index contributed by atoms with van der Waals surface area (Å²) in [4.78, 5) is 2.42. The summed E-state index contributed by atoms with van der Waals surface area (Å²) in [5.74, 6) is 0.930. The molecule has 0 unspecified atom stereocenters. The van der Waals surface area contributed by atoms with Crippen LogP contribution in [0.25, 0.3) is 0 Å². The van der Waals surface area contributed by atoms with Crippen molar-refractivity contribution < 1.29 is 4.74 Å². The Morgan fingerprint density at radius 2 is 0.949 bits per heavy atom. The Morgan fingerprint density at radius 3 is 1.36 bits per heavy atom. The number of nitrogens with zero attached hydrogens (tertiary/aromatic N) is 1. The van der Waals surface area contributed by atoms with Gasteiger partial charge in [0.25, 0.3) is 0 Å². The maximum Gasteiger partial charge on any atom is 0.142 e. The fourth-order valence-corrected chi connectivity index (χ4v) is 4.37. The molecule has 0 fully saturated rings. The summed E-state index contributed by atoms with van der Waals surface area (Å²) in [5, 5.41) is 0. The summed E-state index contributed by atoms with van der Waals surface area (Å²) in [6.45, 7) is 19.5. The lowest BCUT2D eigenvalue weighted by Crippen LogP contribution is -2.24. The Bertz CT molecular complexity index is 963. The van der Waals surface area contributed by atoms with Crippen molar-refractivity contribution in [2.75, 3.05) is 25.1 Å². The summed E-state index contributed by atoms with van der Waals surface area (Å²) >= 11 is 0. The Balaban J connectivity index is 2.78. The van der Waals surface area contributed by atoms with Crippen LogP contribution in [-0.2, 0) is 0 Å². The topological polar surface area (TPSA) is 12.5 Å². The van der Waals surface area contributed by atoms with Crippen LogP contribution in [-0.4, -0.2) is 20.2 Å². The standard InChI is InChI=1S/C37H57NO/c1-30(2)16-12-18-32(5)20-14-22-34(7)26-28-38(36-24-10-11-25-37(36)39-9)29-27-35(8)23-15-21-33(6)19-13-17-31(3)4/h10-11,16-17,20-21,24-27H,12-15,18-19,22-23,28-29H2,1-9H3/b32-20+,33-21+,34-26+,35-27+. The summed E-state index contributed by atoms with van der Waals surface area (Å²) in [5.41, 5.74) is 9.84. The fourth-order valence-electron chi connectivity index (χ4n) is 4.37. The van der Waals surface area contributed by atoms with E-state index in [0.29, 0.717) is 0 Å². The molecule has 1 aromatic carbocycles. The molecule has 0 saturated carbocycles. The Morgan fingerprint density at radius 1 is 0.564 bits per heavy atom. The van der Waals surface area contributed by atoms with E-state index in [1.165, 1.54) is 33.4 Å². The van der Waals surface area contributed by atoms with Crippen molar-refractivity contribution >= 4 is 5.69 Å². The smallest absolute Gasteiger partial charge is 0.142 e. The molecule has 0 aliphatic carbocycles. The Kier molecular flexibility index (Phi) is 17.8. The average Bonchev–Trinajstić information content (AvgIpc) is 2.88. The van der Waals surface area contributed by atoms with Crippen LogP contribution in [0.15, 0.2) is 94.2 Å². The van der Waals surface area contributed by atoms with Crippen molar-refractivity contribution in [2.24, 2.45) is 0 Å². The number of ether oxygens (including phenoxy) is 1. The van der Waals surface area contributed by atoms with Gasteiger partial charge in [-0.1, -0.05) is 82.0 Å². The van der Waals surface area contributed by atoms with Gasteiger partial charge in [0.2, 0.25) is 0 Å². The quantitative estimate of drug-likeness (QED) is 0.175. The third-order valence-corrected chi connectivity index (χ3v) is 6.99. The minimum absolute atomic E-state index is 0.878. The van der Waals surface area contributed by atoms with E-state index in [4.69, 9.17) is 4.74 Å². The zero-order valence-electron chi connectivity index (χ0n) is 26.7. The molecule has 0 atom stereocenters. The third kappa shape index (κ3) is 16.7. The van der Waals surface area contributed by atoms with Gasteiger partial charge in [-0.3, -0.25) is 0 Å². The molecular formula is C37H57NO. The van der Waals surface area contributed by atoms with Gasteiger partial charge in [-0.05, 0) is 119 Å². The lowest BCUT2D eigenvalue weighted by atomic mass is 10.1. The number of hydrogen-bond donors (Lipinski definition) is 0. The molecule has 0 aliphatic rings. The molecule has 2 nitrogen and oxygen atoms in total. The van der Waals surface area contributed by atoms with Gasteiger partial charge < -0.3 is 9.64 Å². The van der Waals surface area contributed by atoms with Crippen LogP contribution in [0, 0.1) is 0 Å². The number of benzene rings is 1. The van der Waals surface area contributed by atoms with Gasteiger partial charge in [-0.15, -0.1) is 0 Å². The zero-order chi connectivity index (χ0) is 29.0. The second-order valence-electron chi connectivity index (χ2n) is 11.5. The number of rotatable bonds is 18. The third-order valence-electron chi connectivity index (χ3n) is 6.99. The van der Waals surface area contributed by atoms with E-state index in [9.17, 15) is 0 Å². The van der Waals surface area contributed by atoms with Crippen molar-refractivity contribution in [3.63, 3.8) is 0 Å². The fraction of sp³-hybridized carbons (Fsp3) is 0.514. The average molecular weight is 532 g/mol. The number of hydrogen-bond acceptors (Lipinski definition) is 2. The van der Waals surface area contributed by atoms with Crippen LogP contribution in [0.3, 0.4) is 0 Å². The molecular weight excluding hydrogens is 474 g/mol. The molecule has 2 heteroatoms. The van der Waals surface area contributed by atoms with Crippen LogP contribution in [0.5, 0.6) is 5.75 Å². The zero-order valence-corrected chi connectivity index (χ0v) is 26.7. The molecule has 0 bridgehead atoms. The van der Waals surface area contributed by atoms with Crippen LogP contribution >= 0.6 is 0 Å². The molecule has 0 spiro atoms. The minimum atomic E-state index is 0.878. The van der Waals surface area contributed by atoms with Crippen molar-refractivity contribution in [3.05, 3.63) is 94.2 Å². The van der Waals surface area contributed by atoms with Crippen LogP contribution < -0.4 is 9.64 Å². The Hall–Kier alpha value is -2.74. The highest BCUT2D eigenvalue weighted by Crippen LogP contribution is 2.28. The normalized spacial score (nSPS) is 12.8. The van der Waals surface area contributed by atoms with Crippen LogP contribution in [0.2, 0.25) is 0 Å². The van der Waals surface area contributed by atoms with E-state index in [1.807, 2.05) is 6.07 Å². The first-order chi connectivity index (χ1) is 18.6. The predicted octanol–water partition coefficient (Wildman–Crippen LogP) is 11.3. The van der Waals surface area contributed by atoms with Gasteiger partial charge in [0.1, 0.15) is 5.75 Å². The van der Waals surface area contributed by atoms with Crippen molar-refractivity contribution in [1.29, 1.82) is 0 Å².